The number of fused-ring (bicyclic) bond motifs is 1. The van der Waals surface area contributed by atoms with Crippen molar-refractivity contribution >= 4 is 27.0 Å². The molecule has 1 aliphatic heterocycles. The molecule has 0 saturated heterocycles. The van der Waals surface area contributed by atoms with Crippen molar-refractivity contribution in [3.05, 3.63) is 40.5 Å². The van der Waals surface area contributed by atoms with Crippen LogP contribution in [0.5, 0.6) is 0 Å². The molecule has 0 fully saturated rings. The summed E-state index contributed by atoms with van der Waals surface area (Å²) in [4.78, 5) is 6.28. The Morgan fingerprint density at radius 3 is 2.90 bits per heavy atom. The Morgan fingerprint density at radius 1 is 1.38 bits per heavy atom. The summed E-state index contributed by atoms with van der Waals surface area (Å²) in [5.74, 6) is 0. The number of nitrogens with zero attached hydrogens (tertiary/aromatic N) is 2. The van der Waals surface area contributed by atoms with E-state index in [0.29, 0.717) is 5.69 Å². The zero-order valence-electron chi connectivity index (χ0n) is 12.0. The summed E-state index contributed by atoms with van der Waals surface area (Å²) in [6.07, 6.45) is 2.17. The first kappa shape index (κ1) is 14.5. The average Bonchev–Trinajstić information content (AvgIpc) is 3.04. The number of rotatable bonds is 4. The minimum atomic E-state index is -3.55. The van der Waals surface area contributed by atoms with E-state index in [1.165, 1.54) is 23.1 Å². The second kappa shape index (κ2) is 5.40. The second-order valence-electron chi connectivity index (χ2n) is 5.15. The molecule has 0 unspecified atom stereocenters. The maximum Gasteiger partial charge on any atom is 0.273 e. The zero-order chi connectivity index (χ0) is 15.0. The first-order valence-corrected chi connectivity index (χ1v) is 9.06. The van der Waals surface area contributed by atoms with Crippen LogP contribution in [0.15, 0.2) is 28.6 Å². The highest BCUT2D eigenvalue weighted by Gasteiger charge is 2.23. The SMILES string of the molecule is CCc1ncc(S(=O)(=O)Nc2cccc3c2CN(C)C3)s1. The maximum absolute atomic E-state index is 12.5. The van der Waals surface area contributed by atoms with Gasteiger partial charge in [0.15, 0.2) is 4.21 Å². The van der Waals surface area contributed by atoms with Gasteiger partial charge in [-0.1, -0.05) is 19.1 Å². The summed E-state index contributed by atoms with van der Waals surface area (Å²) >= 11 is 1.22. The minimum absolute atomic E-state index is 0.267. The standard InChI is InChI=1S/C14H17N3O2S2/c1-3-13-15-7-14(20-13)21(18,19)16-12-6-4-5-10-8-17(2)9-11(10)12/h4-7,16H,3,8-9H2,1-2H3. The molecule has 21 heavy (non-hydrogen) atoms. The topological polar surface area (TPSA) is 62.3 Å². The van der Waals surface area contributed by atoms with E-state index in [0.717, 1.165) is 30.1 Å². The van der Waals surface area contributed by atoms with Gasteiger partial charge in [-0.05, 0) is 30.7 Å². The molecule has 0 amide bonds. The third-order valence-electron chi connectivity index (χ3n) is 3.49. The lowest BCUT2D eigenvalue weighted by Gasteiger charge is -2.10. The second-order valence-corrected chi connectivity index (χ2v) is 8.17. The molecule has 0 saturated carbocycles. The largest absolute Gasteiger partial charge is 0.298 e. The van der Waals surface area contributed by atoms with Gasteiger partial charge in [0.25, 0.3) is 10.0 Å². The molecule has 1 N–H and O–H groups in total. The molecule has 1 aromatic carbocycles. The fourth-order valence-corrected chi connectivity index (χ4v) is 4.67. The van der Waals surface area contributed by atoms with Crippen LogP contribution in [0.3, 0.4) is 0 Å². The average molecular weight is 323 g/mol. The van der Waals surface area contributed by atoms with E-state index in [2.05, 4.69) is 14.6 Å². The van der Waals surface area contributed by atoms with E-state index >= 15 is 0 Å². The van der Waals surface area contributed by atoms with Gasteiger partial charge in [0.05, 0.1) is 16.9 Å². The number of benzene rings is 1. The van der Waals surface area contributed by atoms with Gasteiger partial charge in [-0.2, -0.15) is 0 Å². The van der Waals surface area contributed by atoms with Gasteiger partial charge in [-0.25, -0.2) is 13.4 Å². The smallest absolute Gasteiger partial charge is 0.273 e. The Balaban J connectivity index is 1.92. The molecule has 3 rings (SSSR count). The number of aromatic nitrogens is 1. The first-order valence-electron chi connectivity index (χ1n) is 6.76. The molecular weight excluding hydrogens is 306 g/mol. The molecular formula is C14H17N3O2S2. The summed E-state index contributed by atoms with van der Waals surface area (Å²) in [7, 11) is -1.53. The van der Waals surface area contributed by atoms with Crippen LogP contribution in [-0.4, -0.2) is 25.3 Å². The van der Waals surface area contributed by atoms with Crippen LogP contribution in [0.4, 0.5) is 5.69 Å². The Hall–Kier alpha value is -1.44. The van der Waals surface area contributed by atoms with Gasteiger partial charge < -0.3 is 0 Å². The number of nitrogens with one attached hydrogen (secondary N) is 1. The van der Waals surface area contributed by atoms with Crippen LogP contribution in [0.25, 0.3) is 0 Å². The van der Waals surface area contributed by atoms with Crippen LogP contribution in [0.2, 0.25) is 0 Å². The van der Waals surface area contributed by atoms with Gasteiger partial charge >= 0.3 is 0 Å². The van der Waals surface area contributed by atoms with Crippen molar-refractivity contribution in [1.82, 2.24) is 9.88 Å². The van der Waals surface area contributed by atoms with E-state index in [1.807, 2.05) is 32.2 Å². The number of aryl methyl sites for hydroxylation is 1. The van der Waals surface area contributed by atoms with E-state index in [-0.39, 0.29) is 4.21 Å². The highest BCUT2D eigenvalue weighted by Crippen LogP contribution is 2.30. The van der Waals surface area contributed by atoms with Gasteiger partial charge in [-0.15, -0.1) is 11.3 Å². The number of thiazole rings is 1. The van der Waals surface area contributed by atoms with Crippen LogP contribution in [-0.2, 0) is 29.5 Å². The summed E-state index contributed by atoms with van der Waals surface area (Å²) in [5.41, 5.74) is 2.91. The lowest BCUT2D eigenvalue weighted by Crippen LogP contribution is -2.13. The van der Waals surface area contributed by atoms with Crippen molar-refractivity contribution in [3.63, 3.8) is 0 Å². The van der Waals surface area contributed by atoms with Gasteiger partial charge in [0, 0.05) is 13.1 Å². The highest BCUT2D eigenvalue weighted by atomic mass is 32.2. The van der Waals surface area contributed by atoms with E-state index in [1.54, 1.807) is 0 Å². The molecule has 0 spiro atoms. The fraction of sp³-hybridized carbons (Fsp3) is 0.357. The van der Waals surface area contributed by atoms with Crippen molar-refractivity contribution in [3.8, 4) is 0 Å². The van der Waals surface area contributed by atoms with E-state index in [9.17, 15) is 8.42 Å². The van der Waals surface area contributed by atoms with Gasteiger partial charge in [-0.3, -0.25) is 9.62 Å². The third-order valence-corrected chi connectivity index (χ3v) is 6.45. The zero-order valence-corrected chi connectivity index (χ0v) is 13.6. The molecule has 1 aliphatic rings. The Kier molecular flexibility index (Phi) is 3.73. The van der Waals surface area contributed by atoms with Crippen LogP contribution in [0, 0.1) is 0 Å². The Labute approximate surface area is 128 Å². The van der Waals surface area contributed by atoms with E-state index in [4.69, 9.17) is 0 Å². The van der Waals surface area contributed by atoms with Gasteiger partial charge in [0.1, 0.15) is 0 Å². The molecule has 2 aromatic rings. The quantitative estimate of drug-likeness (QED) is 0.939. The summed E-state index contributed by atoms with van der Waals surface area (Å²) in [6.45, 7) is 3.57. The molecule has 2 heterocycles. The van der Waals surface area contributed by atoms with E-state index < -0.39 is 10.0 Å². The normalized spacial score (nSPS) is 15.1. The van der Waals surface area contributed by atoms with Gasteiger partial charge in [0.2, 0.25) is 0 Å². The van der Waals surface area contributed by atoms with Crippen molar-refractivity contribution < 1.29 is 8.42 Å². The summed E-state index contributed by atoms with van der Waals surface area (Å²) < 4.78 is 27.9. The molecule has 0 radical (unpaired) electrons. The van der Waals surface area contributed by atoms with Crippen molar-refractivity contribution in [2.24, 2.45) is 0 Å². The van der Waals surface area contributed by atoms with Crippen LogP contribution < -0.4 is 4.72 Å². The molecule has 0 bridgehead atoms. The number of sulfonamides is 1. The lowest BCUT2D eigenvalue weighted by atomic mass is 10.1. The highest BCUT2D eigenvalue weighted by molar-refractivity contribution is 7.94. The van der Waals surface area contributed by atoms with Crippen molar-refractivity contribution in [1.29, 1.82) is 0 Å². The Morgan fingerprint density at radius 2 is 2.19 bits per heavy atom. The monoisotopic (exact) mass is 323 g/mol. The van der Waals surface area contributed by atoms with Crippen molar-refractivity contribution in [2.75, 3.05) is 11.8 Å². The third kappa shape index (κ3) is 2.81. The molecule has 112 valence electrons. The van der Waals surface area contributed by atoms with Crippen LogP contribution >= 0.6 is 11.3 Å². The first-order chi connectivity index (χ1) is 9.99. The Bertz CT molecular complexity index is 768. The molecule has 0 aliphatic carbocycles. The predicted octanol–water partition coefficient (Wildman–Crippen LogP) is 2.45. The molecule has 1 aromatic heterocycles. The molecule has 0 atom stereocenters. The van der Waals surface area contributed by atoms with Crippen LogP contribution in [0.1, 0.15) is 23.1 Å². The van der Waals surface area contributed by atoms with Crippen molar-refractivity contribution in [2.45, 2.75) is 30.6 Å². The summed E-state index contributed by atoms with van der Waals surface area (Å²) in [6, 6.07) is 5.75. The number of hydrogen-bond acceptors (Lipinski definition) is 5. The molecule has 5 nitrogen and oxygen atoms in total. The minimum Gasteiger partial charge on any atom is -0.298 e. The molecule has 7 heteroatoms. The maximum atomic E-state index is 12.5. The predicted molar refractivity (Wildman–Crippen MR) is 83.9 cm³/mol. The fourth-order valence-electron chi connectivity index (χ4n) is 2.46. The summed E-state index contributed by atoms with van der Waals surface area (Å²) in [5, 5.41) is 0.827. The lowest BCUT2D eigenvalue weighted by molar-refractivity contribution is 0.353. The number of hydrogen-bond donors (Lipinski definition) is 1. The number of anilines is 1.